The Labute approximate surface area is 78.1 Å². The van der Waals surface area contributed by atoms with Gasteiger partial charge in [-0.2, -0.15) is 0 Å². The number of morpholine rings is 1. The van der Waals surface area contributed by atoms with E-state index >= 15 is 0 Å². The van der Waals surface area contributed by atoms with Crippen LogP contribution in [0, 0.1) is 0 Å². The molecule has 3 rings (SSSR count). The molecule has 2 fully saturated rings. The van der Waals surface area contributed by atoms with E-state index in [2.05, 4.69) is 35.2 Å². The maximum Gasteiger partial charge on any atom is 0.0981 e. The Bertz CT molecular complexity index is 288. The zero-order valence-corrected chi connectivity index (χ0v) is 7.52. The zero-order valence-electron chi connectivity index (χ0n) is 7.52. The normalized spacial score (nSPS) is 31.7. The molecule has 2 saturated heterocycles. The molecule has 2 heteroatoms. The lowest BCUT2D eigenvalue weighted by Gasteiger charge is -2.16. The van der Waals surface area contributed by atoms with Gasteiger partial charge in [-0.05, 0) is 5.56 Å². The molecule has 1 aromatic carbocycles. The van der Waals surface area contributed by atoms with Gasteiger partial charge in [-0.3, -0.25) is 4.90 Å². The molecule has 2 aliphatic heterocycles. The lowest BCUT2D eigenvalue weighted by molar-refractivity contribution is 0.198. The minimum absolute atomic E-state index is 0.559. The third kappa shape index (κ3) is 1.47. The number of epoxide rings is 1. The lowest BCUT2D eigenvalue weighted by atomic mass is 10.2. The van der Waals surface area contributed by atoms with E-state index in [9.17, 15) is 0 Å². The predicted molar refractivity (Wildman–Crippen MR) is 50.4 cm³/mol. The second kappa shape index (κ2) is 2.82. The van der Waals surface area contributed by atoms with Crippen LogP contribution in [-0.2, 0) is 11.3 Å². The van der Waals surface area contributed by atoms with E-state index < -0.39 is 0 Å². The molecule has 13 heavy (non-hydrogen) atoms. The van der Waals surface area contributed by atoms with E-state index in [0.29, 0.717) is 12.2 Å². The Morgan fingerprint density at radius 2 is 1.85 bits per heavy atom. The maximum atomic E-state index is 5.38. The van der Waals surface area contributed by atoms with Gasteiger partial charge in [0.15, 0.2) is 0 Å². The maximum absolute atomic E-state index is 5.38. The fourth-order valence-corrected chi connectivity index (χ4v) is 2.05. The van der Waals surface area contributed by atoms with Gasteiger partial charge < -0.3 is 4.74 Å². The molecule has 2 heterocycles. The van der Waals surface area contributed by atoms with Crippen LogP contribution in [0.4, 0.5) is 0 Å². The average molecular weight is 175 g/mol. The Morgan fingerprint density at radius 1 is 1.15 bits per heavy atom. The fourth-order valence-electron chi connectivity index (χ4n) is 2.05. The van der Waals surface area contributed by atoms with E-state index in [-0.39, 0.29) is 0 Å². The van der Waals surface area contributed by atoms with Crippen LogP contribution >= 0.6 is 0 Å². The van der Waals surface area contributed by atoms with Crippen molar-refractivity contribution < 1.29 is 4.74 Å². The summed E-state index contributed by atoms with van der Waals surface area (Å²) in [5.41, 5.74) is 1.41. The summed E-state index contributed by atoms with van der Waals surface area (Å²) in [5, 5.41) is 0. The highest BCUT2D eigenvalue weighted by molar-refractivity contribution is 5.15. The van der Waals surface area contributed by atoms with Crippen molar-refractivity contribution in [2.75, 3.05) is 13.1 Å². The monoisotopic (exact) mass is 175 g/mol. The van der Waals surface area contributed by atoms with Crippen LogP contribution in [0.15, 0.2) is 30.3 Å². The van der Waals surface area contributed by atoms with Crippen molar-refractivity contribution in [2.45, 2.75) is 18.8 Å². The molecule has 0 bridgehead atoms. The molecule has 0 aromatic heterocycles. The van der Waals surface area contributed by atoms with E-state index in [1.165, 1.54) is 5.56 Å². The number of likely N-dealkylation sites (tertiary alicyclic amines) is 1. The first-order valence-corrected chi connectivity index (χ1v) is 4.83. The SMILES string of the molecule is c1ccc(CN2CC3OC3C2)cc1. The van der Waals surface area contributed by atoms with Gasteiger partial charge in [-0.25, -0.2) is 0 Å². The van der Waals surface area contributed by atoms with Gasteiger partial charge in [-0.15, -0.1) is 0 Å². The quantitative estimate of drug-likeness (QED) is 0.629. The van der Waals surface area contributed by atoms with E-state index in [4.69, 9.17) is 4.74 Å². The van der Waals surface area contributed by atoms with Crippen molar-refractivity contribution in [1.82, 2.24) is 4.90 Å². The van der Waals surface area contributed by atoms with Gasteiger partial charge in [0, 0.05) is 19.6 Å². The van der Waals surface area contributed by atoms with Crippen molar-refractivity contribution >= 4 is 0 Å². The molecule has 2 unspecified atom stereocenters. The minimum atomic E-state index is 0.559. The predicted octanol–water partition coefficient (Wildman–Crippen LogP) is 1.27. The fraction of sp³-hybridized carbons (Fsp3) is 0.455. The summed E-state index contributed by atoms with van der Waals surface area (Å²) >= 11 is 0. The standard InChI is InChI=1S/C11H13NO/c1-2-4-9(5-3-1)6-12-7-10-11(8-12)13-10/h1-5,10-11H,6-8H2. The molecule has 2 atom stereocenters. The summed E-state index contributed by atoms with van der Waals surface area (Å²) in [5.74, 6) is 0. The Hall–Kier alpha value is -0.860. The minimum Gasteiger partial charge on any atom is -0.367 e. The van der Waals surface area contributed by atoms with Crippen molar-refractivity contribution in [3.63, 3.8) is 0 Å². The molecule has 2 nitrogen and oxygen atoms in total. The first-order chi connectivity index (χ1) is 6.42. The van der Waals surface area contributed by atoms with Crippen LogP contribution in [0.2, 0.25) is 0 Å². The van der Waals surface area contributed by atoms with Crippen LogP contribution in [0.25, 0.3) is 0 Å². The van der Waals surface area contributed by atoms with Gasteiger partial charge in [0.25, 0.3) is 0 Å². The van der Waals surface area contributed by atoms with Crippen LogP contribution in [0.3, 0.4) is 0 Å². The molecule has 0 spiro atoms. The smallest absolute Gasteiger partial charge is 0.0981 e. The average Bonchev–Trinajstić information content (AvgIpc) is 2.76. The highest BCUT2D eigenvalue weighted by Gasteiger charge is 2.46. The summed E-state index contributed by atoms with van der Waals surface area (Å²) in [7, 11) is 0. The van der Waals surface area contributed by atoms with Crippen LogP contribution < -0.4 is 0 Å². The van der Waals surface area contributed by atoms with Gasteiger partial charge in [-0.1, -0.05) is 30.3 Å². The Balaban J connectivity index is 1.63. The third-order valence-electron chi connectivity index (χ3n) is 2.81. The highest BCUT2D eigenvalue weighted by Crippen LogP contribution is 2.31. The Morgan fingerprint density at radius 3 is 2.54 bits per heavy atom. The molecular formula is C11H13NO. The molecule has 0 amide bonds. The summed E-state index contributed by atoms with van der Waals surface area (Å²) in [4.78, 5) is 2.47. The van der Waals surface area contributed by atoms with Crippen LogP contribution in [-0.4, -0.2) is 30.2 Å². The van der Waals surface area contributed by atoms with Crippen LogP contribution in [0.5, 0.6) is 0 Å². The van der Waals surface area contributed by atoms with Crippen LogP contribution in [0.1, 0.15) is 5.56 Å². The van der Waals surface area contributed by atoms with Crippen molar-refractivity contribution in [2.24, 2.45) is 0 Å². The summed E-state index contributed by atoms with van der Waals surface area (Å²) < 4.78 is 5.38. The van der Waals surface area contributed by atoms with Crippen molar-refractivity contribution in [3.05, 3.63) is 35.9 Å². The van der Waals surface area contributed by atoms with Gasteiger partial charge >= 0.3 is 0 Å². The number of fused-ring (bicyclic) bond motifs is 1. The van der Waals surface area contributed by atoms with Crippen molar-refractivity contribution in [1.29, 1.82) is 0 Å². The first-order valence-electron chi connectivity index (χ1n) is 4.83. The number of hydrogen-bond acceptors (Lipinski definition) is 2. The third-order valence-corrected chi connectivity index (χ3v) is 2.81. The van der Waals surface area contributed by atoms with Gasteiger partial charge in [0.05, 0.1) is 12.2 Å². The van der Waals surface area contributed by atoms with E-state index in [0.717, 1.165) is 19.6 Å². The van der Waals surface area contributed by atoms with E-state index in [1.807, 2.05) is 0 Å². The number of nitrogens with zero attached hydrogens (tertiary/aromatic N) is 1. The molecule has 68 valence electrons. The molecule has 0 N–H and O–H groups in total. The largest absolute Gasteiger partial charge is 0.367 e. The molecule has 0 aliphatic carbocycles. The first kappa shape index (κ1) is 7.54. The summed E-state index contributed by atoms with van der Waals surface area (Å²) in [6.45, 7) is 3.33. The summed E-state index contributed by atoms with van der Waals surface area (Å²) in [6, 6.07) is 10.6. The number of ether oxygens (including phenoxy) is 1. The second-order valence-corrected chi connectivity index (χ2v) is 3.89. The molecule has 0 saturated carbocycles. The molecule has 2 aliphatic rings. The zero-order chi connectivity index (χ0) is 8.67. The topological polar surface area (TPSA) is 15.8 Å². The second-order valence-electron chi connectivity index (χ2n) is 3.89. The number of benzene rings is 1. The number of hydrogen-bond donors (Lipinski definition) is 0. The highest BCUT2D eigenvalue weighted by atomic mass is 16.6. The Kier molecular flexibility index (Phi) is 1.64. The lowest BCUT2D eigenvalue weighted by Crippen LogP contribution is -2.23. The summed E-state index contributed by atoms with van der Waals surface area (Å²) in [6.07, 6.45) is 1.12. The van der Waals surface area contributed by atoms with Gasteiger partial charge in [0.1, 0.15) is 0 Å². The van der Waals surface area contributed by atoms with Crippen molar-refractivity contribution in [3.8, 4) is 0 Å². The molecule has 0 radical (unpaired) electrons. The molecular weight excluding hydrogens is 162 g/mol. The number of rotatable bonds is 2. The van der Waals surface area contributed by atoms with E-state index in [1.54, 1.807) is 0 Å². The van der Waals surface area contributed by atoms with Gasteiger partial charge in [0.2, 0.25) is 0 Å². The molecule has 1 aromatic rings.